The molecule has 0 aliphatic heterocycles. The summed E-state index contributed by atoms with van der Waals surface area (Å²) in [5, 5.41) is 4.32. The Balaban J connectivity index is 1.99. The van der Waals surface area contributed by atoms with Crippen molar-refractivity contribution in [3.63, 3.8) is 0 Å². The third-order valence-electron chi connectivity index (χ3n) is 2.20. The summed E-state index contributed by atoms with van der Waals surface area (Å²) in [6, 6.07) is 9.11. The van der Waals surface area contributed by atoms with Crippen LogP contribution in [0.25, 0.3) is 0 Å². The number of thiophene rings is 1. The van der Waals surface area contributed by atoms with Crippen molar-refractivity contribution in [1.29, 1.82) is 0 Å². The summed E-state index contributed by atoms with van der Waals surface area (Å²) in [4.78, 5) is 15.8. The number of para-hydroxylation sites is 1. The van der Waals surface area contributed by atoms with Crippen molar-refractivity contribution in [3.8, 4) is 0 Å². The smallest absolute Gasteiger partial charge is 0.169 e. The predicted molar refractivity (Wildman–Crippen MR) is 72.9 cm³/mol. The summed E-state index contributed by atoms with van der Waals surface area (Å²) < 4.78 is 0. The van der Waals surface area contributed by atoms with Crippen LogP contribution in [0, 0.1) is 0 Å². The maximum atomic E-state index is 11.7. The minimum absolute atomic E-state index is 0.0713. The molecule has 0 aliphatic carbocycles. The molecule has 1 heterocycles. The number of ketones is 1. The molecule has 2 rings (SSSR count). The molecule has 1 aromatic heterocycles. The van der Waals surface area contributed by atoms with Gasteiger partial charge in [-0.2, -0.15) is 11.3 Å². The molecule has 0 aliphatic rings. The first-order valence-corrected chi connectivity index (χ1v) is 6.42. The molecule has 0 fully saturated rings. The zero-order valence-electron chi connectivity index (χ0n) is 8.97. The average Bonchev–Trinajstić information content (AvgIpc) is 2.85. The molecule has 0 bridgehead atoms. The SMILES string of the molecule is O=C(CC=Nc1ccccc1Cl)c1ccsc1. The number of aliphatic imine (C=N–C) groups is 1. The van der Waals surface area contributed by atoms with E-state index in [1.807, 2.05) is 35.0 Å². The van der Waals surface area contributed by atoms with E-state index in [0.717, 1.165) is 5.56 Å². The molecule has 0 atom stereocenters. The minimum Gasteiger partial charge on any atom is -0.294 e. The molecule has 0 N–H and O–H groups in total. The van der Waals surface area contributed by atoms with Crippen molar-refractivity contribution >= 4 is 40.6 Å². The predicted octanol–water partition coefficient (Wildman–Crippen LogP) is 4.38. The van der Waals surface area contributed by atoms with Gasteiger partial charge in [0.15, 0.2) is 5.78 Å². The molecule has 86 valence electrons. The molecular weight excluding hydrogens is 254 g/mol. The third kappa shape index (κ3) is 3.25. The topological polar surface area (TPSA) is 29.4 Å². The summed E-state index contributed by atoms with van der Waals surface area (Å²) >= 11 is 7.46. The van der Waals surface area contributed by atoms with Crippen LogP contribution in [0.2, 0.25) is 5.02 Å². The number of nitrogens with zero attached hydrogens (tertiary/aromatic N) is 1. The molecule has 0 radical (unpaired) electrons. The fourth-order valence-electron chi connectivity index (χ4n) is 1.32. The van der Waals surface area contributed by atoms with Gasteiger partial charge in [-0.15, -0.1) is 0 Å². The first-order valence-electron chi connectivity index (χ1n) is 5.10. The van der Waals surface area contributed by atoms with E-state index in [1.54, 1.807) is 12.3 Å². The van der Waals surface area contributed by atoms with Crippen LogP contribution in [-0.2, 0) is 0 Å². The van der Waals surface area contributed by atoms with E-state index in [2.05, 4.69) is 4.99 Å². The fourth-order valence-corrected chi connectivity index (χ4v) is 2.17. The molecule has 17 heavy (non-hydrogen) atoms. The Hall–Kier alpha value is -1.45. The van der Waals surface area contributed by atoms with Crippen LogP contribution >= 0.6 is 22.9 Å². The van der Waals surface area contributed by atoms with E-state index >= 15 is 0 Å². The highest BCUT2D eigenvalue weighted by atomic mass is 35.5. The lowest BCUT2D eigenvalue weighted by atomic mass is 10.2. The van der Waals surface area contributed by atoms with Gasteiger partial charge < -0.3 is 0 Å². The molecule has 0 amide bonds. The molecule has 0 unspecified atom stereocenters. The van der Waals surface area contributed by atoms with Crippen LogP contribution in [0.5, 0.6) is 0 Å². The highest BCUT2D eigenvalue weighted by molar-refractivity contribution is 7.08. The molecule has 4 heteroatoms. The summed E-state index contributed by atoms with van der Waals surface area (Å²) in [5.41, 5.74) is 1.42. The summed E-state index contributed by atoms with van der Waals surface area (Å²) in [5.74, 6) is 0.0713. The van der Waals surface area contributed by atoms with Gasteiger partial charge in [0.05, 0.1) is 10.7 Å². The fraction of sp³-hybridized carbons (Fsp3) is 0.0769. The van der Waals surface area contributed by atoms with Gasteiger partial charge in [0.25, 0.3) is 0 Å². The van der Waals surface area contributed by atoms with Gasteiger partial charge in [-0.25, -0.2) is 0 Å². The Bertz CT molecular complexity index is 534. The van der Waals surface area contributed by atoms with Crippen LogP contribution in [0.3, 0.4) is 0 Å². The Morgan fingerprint density at radius 2 is 2.18 bits per heavy atom. The second kappa shape index (κ2) is 5.75. The Labute approximate surface area is 109 Å². The zero-order chi connectivity index (χ0) is 12.1. The van der Waals surface area contributed by atoms with E-state index in [0.29, 0.717) is 17.1 Å². The third-order valence-corrected chi connectivity index (χ3v) is 3.21. The van der Waals surface area contributed by atoms with E-state index in [4.69, 9.17) is 11.6 Å². The number of carbonyl (C=O) groups is 1. The van der Waals surface area contributed by atoms with E-state index in [9.17, 15) is 4.79 Å². The van der Waals surface area contributed by atoms with E-state index < -0.39 is 0 Å². The largest absolute Gasteiger partial charge is 0.294 e. The lowest BCUT2D eigenvalue weighted by Gasteiger charge is -1.96. The minimum atomic E-state index is 0.0713. The molecular formula is C13H10ClNOS. The van der Waals surface area contributed by atoms with E-state index in [1.165, 1.54) is 11.3 Å². The van der Waals surface area contributed by atoms with Crippen molar-refractivity contribution < 1.29 is 4.79 Å². The number of halogens is 1. The maximum absolute atomic E-state index is 11.7. The van der Waals surface area contributed by atoms with Gasteiger partial charge >= 0.3 is 0 Å². The standard InChI is InChI=1S/C13H10ClNOS/c14-11-3-1-2-4-12(11)15-7-5-13(16)10-6-8-17-9-10/h1-4,6-9H,5H2. The van der Waals surface area contributed by atoms with Crippen LogP contribution in [0.4, 0.5) is 5.69 Å². The van der Waals surface area contributed by atoms with E-state index in [-0.39, 0.29) is 5.78 Å². The monoisotopic (exact) mass is 263 g/mol. The number of hydrogen-bond acceptors (Lipinski definition) is 3. The van der Waals surface area contributed by atoms with Gasteiger partial charge in [0, 0.05) is 23.6 Å². The van der Waals surface area contributed by atoms with Gasteiger partial charge in [0.1, 0.15) is 0 Å². The molecule has 0 spiro atoms. The van der Waals surface area contributed by atoms with Crippen LogP contribution < -0.4 is 0 Å². The van der Waals surface area contributed by atoms with Gasteiger partial charge in [-0.3, -0.25) is 9.79 Å². The quantitative estimate of drug-likeness (QED) is 0.595. The van der Waals surface area contributed by atoms with Crippen LogP contribution in [-0.4, -0.2) is 12.0 Å². The highest BCUT2D eigenvalue weighted by Gasteiger charge is 2.03. The molecule has 2 nitrogen and oxygen atoms in total. The summed E-state index contributed by atoms with van der Waals surface area (Å²) in [6.45, 7) is 0. The molecule has 2 aromatic rings. The maximum Gasteiger partial charge on any atom is 0.169 e. The lowest BCUT2D eigenvalue weighted by molar-refractivity contribution is 0.100. The number of rotatable bonds is 4. The number of hydrogen-bond donors (Lipinski definition) is 0. The number of Topliss-reactive ketones (excluding diaryl/α,β-unsaturated/α-hetero) is 1. The summed E-state index contributed by atoms with van der Waals surface area (Å²) in [7, 11) is 0. The zero-order valence-corrected chi connectivity index (χ0v) is 10.5. The lowest BCUT2D eigenvalue weighted by Crippen LogP contribution is -1.96. The molecule has 0 saturated carbocycles. The first-order chi connectivity index (χ1) is 8.27. The normalized spacial score (nSPS) is 10.9. The Morgan fingerprint density at radius 1 is 1.35 bits per heavy atom. The second-order valence-corrected chi connectivity index (χ2v) is 4.59. The van der Waals surface area contributed by atoms with Crippen molar-refractivity contribution in [1.82, 2.24) is 0 Å². The Morgan fingerprint density at radius 3 is 2.88 bits per heavy atom. The van der Waals surface area contributed by atoms with Crippen LogP contribution in [0.1, 0.15) is 16.8 Å². The summed E-state index contributed by atoms with van der Waals surface area (Å²) in [6.07, 6.45) is 1.89. The number of benzene rings is 1. The highest BCUT2D eigenvalue weighted by Crippen LogP contribution is 2.23. The first kappa shape index (κ1) is 12.0. The van der Waals surface area contributed by atoms with Gasteiger partial charge in [-0.1, -0.05) is 23.7 Å². The second-order valence-electron chi connectivity index (χ2n) is 3.40. The van der Waals surface area contributed by atoms with Crippen molar-refractivity contribution in [2.45, 2.75) is 6.42 Å². The van der Waals surface area contributed by atoms with Crippen molar-refractivity contribution in [2.24, 2.45) is 4.99 Å². The molecule has 0 saturated heterocycles. The van der Waals surface area contributed by atoms with Gasteiger partial charge in [0.2, 0.25) is 0 Å². The molecule has 1 aromatic carbocycles. The Kier molecular flexibility index (Phi) is 4.07. The van der Waals surface area contributed by atoms with Crippen LogP contribution in [0.15, 0.2) is 46.1 Å². The van der Waals surface area contributed by atoms with Gasteiger partial charge in [-0.05, 0) is 23.6 Å². The average molecular weight is 264 g/mol. The van der Waals surface area contributed by atoms with Crippen molar-refractivity contribution in [2.75, 3.05) is 0 Å². The van der Waals surface area contributed by atoms with Crippen molar-refractivity contribution in [3.05, 3.63) is 51.7 Å². The number of carbonyl (C=O) groups excluding carboxylic acids is 1.